The molecule has 0 aromatic carbocycles. The molecule has 0 aliphatic carbocycles. The van der Waals surface area contributed by atoms with Gasteiger partial charge in [0.1, 0.15) is 5.82 Å². The Morgan fingerprint density at radius 3 is 2.93 bits per heavy atom. The molecule has 2 N–H and O–H groups in total. The second kappa shape index (κ2) is 5.26. The van der Waals surface area contributed by atoms with Crippen LogP contribution in [-0.4, -0.2) is 16.0 Å². The quantitative estimate of drug-likeness (QED) is 0.736. The van der Waals surface area contributed by atoms with Crippen molar-refractivity contribution in [3.8, 4) is 0 Å². The molecule has 0 bridgehead atoms. The average molecular weight is 206 g/mol. The van der Waals surface area contributed by atoms with Gasteiger partial charge >= 0.3 is 0 Å². The molecule has 0 aliphatic heterocycles. The van der Waals surface area contributed by atoms with E-state index < -0.39 is 0 Å². The summed E-state index contributed by atoms with van der Waals surface area (Å²) in [6.07, 6.45) is 3.04. The van der Waals surface area contributed by atoms with Crippen molar-refractivity contribution in [2.24, 2.45) is 0 Å². The fraction of sp³-hybridized carbons (Fsp3) is 0.273. The van der Waals surface area contributed by atoms with Crippen molar-refractivity contribution in [3.05, 3.63) is 35.5 Å². The van der Waals surface area contributed by atoms with Gasteiger partial charge in [-0.1, -0.05) is 5.57 Å². The molecule has 1 aromatic rings. The second-order valence-corrected chi connectivity index (χ2v) is 3.42. The molecule has 1 heterocycles. The number of aliphatic hydroxyl groups is 1. The van der Waals surface area contributed by atoms with Gasteiger partial charge in [0.15, 0.2) is 0 Å². The predicted octanol–water partition coefficient (Wildman–Crippen LogP) is 1.48. The molecule has 4 heteroatoms. The Morgan fingerprint density at radius 2 is 2.33 bits per heavy atom. The first kappa shape index (κ1) is 11.4. The summed E-state index contributed by atoms with van der Waals surface area (Å²) in [7, 11) is 0. The molecule has 0 unspecified atom stereocenters. The van der Waals surface area contributed by atoms with Crippen LogP contribution in [0.1, 0.15) is 19.4 Å². The van der Waals surface area contributed by atoms with E-state index in [9.17, 15) is 4.79 Å². The number of hydrogen-bond donors (Lipinski definition) is 2. The van der Waals surface area contributed by atoms with Crippen LogP contribution in [-0.2, 0) is 11.4 Å². The van der Waals surface area contributed by atoms with E-state index in [-0.39, 0.29) is 12.5 Å². The largest absolute Gasteiger partial charge is 0.392 e. The Balaban J connectivity index is 2.72. The first-order valence-corrected chi connectivity index (χ1v) is 4.63. The van der Waals surface area contributed by atoms with Crippen LogP contribution < -0.4 is 5.32 Å². The lowest BCUT2D eigenvalue weighted by Gasteiger charge is -2.02. The standard InChI is InChI=1S/C11H14N2O2/c1-8(2)5-11(15)13-10-6-9(7-14)3-4-12-10/h3-6,14H,7H2,1-2H3,(H,12,13,15). The van der Waals surface area contributed by atoms with Crippen LogP contribution in [0.4, 0.5) is 5.82 Å². The van der Waals surface area contributed by atoms with Crippen molar-refractivity contribution in [2.45, 2.75) is 20.5 Å². The Kier molecular flexibility index (Phi) is 4.00. The number of aliphatic hydroxyl groups excluding tert-OH is 1. The third-order valence-electron chi connectivity index (χ3n) is 1.68. The SMILES string of the molecule is CC(C)=CC(=O)Nc1cc(CO)ccn1. The van der Waals surface area contributed by atoms with Crippen LogP contribution in [0.15, 0.2) is 30.0 Å². The number of amides is 1. The normalized spacial score (nSPS) is 9.53. The van der Waals surface area contributed by atoms with Gasteiger partial charge in [0.25, 0.3) is 0 Å². The van der Waals surface area contributed by atoms with Crippen molar-refractivity contribution in [3.63, 3.8) is 0 Å². The van der Waals surface area contributed by atoms with Crippen LogP contribution in [0.3, 0.4) is 0 Å². The first-order chi connectivity index (χ1) is 7.11. The van der Waals surface area contributed by atoms with E-state index in [1.165, 1.54) is 6.08 Å². The Bertz CT molecular complexity index is 382. The maximum atomic E-state index is 11.3. The maximum Gasteiger partial charge on any atom is 0.249 e. The van der Waals surface area contributed by atoms with Gasteiger partial charge in [-0.15, -0.1) is 0 Å². The summed E-state index contributed by atoms with van der Waals surface area (Å²) in [5, 5.41) is 11.5. The first-order valence-electron chi connectivity index (χ1n) is 4.63. The summed E-state index contributed by atoms with van der Waals surface area (Å²) in [6, 6.07) is 3.33. The highest BCUT2D eigenvalue weighted by Crippen LogP contribution is 2.06. The minimum Gasteiger partial charge on any atom is -0.392 e. The molecular formula is C11H14N2O2. The van der Waals surface area contributed by atoms with Crippen LogP contribution in [0, 0.1) is 0 Å². The third-order valence-corrected chi connectivity index (χ3v) is 1.68. The van der Waals surface area contributed by atoms with Crippen molar-refractivity contribution in [1.29, 1.82) is 0 Å². The van der Waals surface area contributed by atoms with Gasteiger partial charge in [0.2, 0.25) is 5.91 Å². The summed E-state index contributed by atoms with van der Waals surface area (Å²) in [5.74, 6) is 0.238. The van der Waals surface area contributed by atoms with Crippen molar-refractivity contribution in [2.75, 3.05) is 5.32 Å². The zero-order chi connectivity index (χ0) is 11.3. The van der Waals surface area contributed by atoms with Gasteiger partial charge in [-0.05, 0) is 31.5 Å². The fourth-order valence-corrected chi connectivity index (χ4v) is 1.07. The summed E-state index contributed by atoms with van der Waals surface area (Å²) >= 11 is 0. The van der Waals surface area contributed by atoms with Crippen molar-refractivity contribution < 1.29 is 9.90 Å². The van der Waals surface area contributed by atoms with E-state index in [0.29, 0.717) is 5.82 Å². The number of allylic oxidation sites excluding steroid dienone is 1. The number of anilines is 1. The number of nitrogens with zero attached hydrogens (tertiary/aromatic N) is 1. The van der Waals surface area contributed by atoms with E-state index in [2.05, 4.69) is 10.3 Å². The monoisotopic (exact) mass is 206 g/mol. The molecule has 15 heavy (non-hydrogen) atoms. The molecule has 1 amide bonds. The number of pyridine rings is 1. The van der Waals surface area contributed by atoms with Crippen LogP contribution in [0.5, 0.6) is 0 Å². The van der Waals surface area contributed by atoms with Gasteiger partial charge in [-0.2, -0.15) is 0 Å². The fourth-order valence-electron chi connectivity index (χ4n) is 1.07. The Morgan fingerprint density at radius 1 is 1.60 bits per heavy atom. The molecule has 0 aliphatic rings. The number of carbonyl (C=O) groups excluding carboxylic acids is 1. The topological polar surface area (TPSA) is 62.2 Å². The molecule has 0 radical (unpaired) electrons. The van der Waals surface area contributed by atoms with Gasteiger partial charge in [-0.25, -0.2) is 4.98 Å². The van der Waals surface area contributed by atoms with E-state index in [0.717, 1.165) is 11.1 Å². The van der Waals surface area contributed by atoms with Gasteiger partial charge in [-0.3, -0.25) is 4.79 Å². The smallest absolute Gasteiger partial charge is 0.249 e. The minimum absolute atomic E-state index is 0.0615. The Labute approximate surface area is 88.7 Å². The lowest BCUT2D eigenvalue weighted by atomic mass is 10.2. The van der Waals surface area contributed by atoms with Crippen LogP contribution in [0.2, 0.25) is 0 Å². The molecule has 80 valence electrons. The lowest BCUT2D eigenvalue weighted by molar-refractivity contribution is -0.112. The molecule has 1 aromatic heterocycles. The van der Waals surface area contributed by atoms with Crippen LogP contribution >= 0.6 is 0 Å². The molecule has 0 saturated heterocycles. The molecule has 0 spiro atoms. The van der Waals surface area contributed by atoms with Gasteiger partial charge in [0, 0.05) is 12.3 Å². The molecular weight excluding hydrogens is 192 g/mol. The number of rotatable bonds is 3. The van der Waals surface area contributed by atoms with Crippen molar-refractivity contribution >= 4 is 11.7 Å². The van der Waals surface area contributed by atoms with E-state index in [4.69, 9.17) is 5.11 Å². The van der Waals surface area contributed by atoms with E-state index in [1.54, 1.807) is 18.3 Å². The van der Waals surface area contributed by atoms with E-state index >= 15 is 0 Å². The molecule has 4 nitrogen and oxygen atoms in total. The third kappa shape index (κ3) is 3.91. The van der Waals surface area contributed by atoms with Gasteiger partial charge < -0.3 is 10.4 Å². The highest BCUT2D eigenvalue weighted by Gasteiger charge is 2.00. The summed E-state index contributed by atoms with van der Waals surface area (Å²) < 4.78 is 0. The van der Waals surface area contributed by atoms with Crippen LogP contribution in [0.25, 0.3) is 0 Å². The average Bonchev–Trinajstić information content (AvgIpc) is 2.16. The summed E-state index contributed by atoms with van der Waals surface area (Å²) in [6.45, 7) is 3.63. The Hall–Kier alpha value is -1.68. The summed E-state index contributed by atoms with van der Waals surface area (Å²) in [5.41, 5.74) is 1.64. The zero-order valence-electron chi connectivity index (χ0n) is 8.82. The highest BCUT2D eigenvalue weighted by atomic mass is 16.3. The molecule has 1 rings (SSSR count). The highest BCUT2D eigenvalue weighted by molar-refractivity contribution is 5.99. The number of carbonyl (C=O) groups is 1. The molecule has 0 atom stereocenters. The zero-order valence-corrected chi connectivity index (χ0v) is 8.82. The van der Waals surface area contributed by atoms with Gasteiger partial charge in [0.05, 0.1) is 6.61 Å². The second-order valence-electron chi connectivity index (χ2n) is 3.42. The number of nitrogens with one attached hydrogen (secondary N) is 1. The minimum atomic E-state index is -0.211. The maximum absolute atomic E-state index is 11.3. The van der Waals surface area contributed by atoms with Crippen molar-refractivity contribution in [1.82, 2.24) is 4.98 Å². The number of aromatic nitrogens is 1. The summed E-state index contributed by atoms with van der Waals surface area (Å²) in [4.78, 5) is 15.3. The molecule has 0 fully saturated rings. The molecule has 0 saturated carbocycles. The predicted molar refractivity (Wildman–Crippen MR) is 58.2 cm³/mol. The number of hydrogen-bond acceptors (Lipinski definition) is 3. The van der Waals surface area contributed by atoms with E-state index in [1.807, 2.05) is 13.8 Å². The lowest BCUT2D eigenvalue weighted by Crippen LogP contribution is -2.09.